The van der Waals surface area contributed by atoms with Crippen molar-refractivity contribution in [2.24, 2.45) is 15.4 Å². The molecule has 0 radical (unpaired) electrons. The summed E-state index contributed by atoms with van der Waals surface area (Å²) >= 11 is 1.41. The highest BCUT2D eigenvalue weighted by atomic mass is 33.1. The topological polar surface area (TPSA) is 124 Å². The van der Waals surface area contributed by atoms with Crippen molar-refractivity contribution in [1.29, 1.82) is 0 Å². The average molecular weight is 613 g/mol. The number of ether oxygens (including phenoxy) is 3. The molecular formula is C28H40N2O7S3. The van der Waals surface area contributed by atoms with Gasteiger partial charge < -0.3 is 19.3 Å². The highest BCUT2D eigenvalue weighted by Crippen LogP contribution is 2.43. The number of aliphatic carboxylic acids is 1. The largest absolute Gasteiger partial charge is 0.513 e. The number of carboxylic acid groups (broad SMARTS) is 1. The van der Waals surface area contributed by atoms with Crippen LogP contribution in [0.5, 0.6) is 5.75 Å². The number of hydrogen-bond acceptors (Lipinski definition) is 11. The summed E-state index contributed by atoms with van der Waals surface area (Å²) in [6.07, 6.45) is 2.11. The average Bonchev–Trinajstić information content (AvgIpc) is 3.37. The summed E-state index contributed by atoms with van der Waals surface area (Å²) in [5, 5.41) is 9.90. The zero-order valence-corrected chi connectivity index (χ0v) is 26.7. The van der Waals surface area contributed by atoms with Gasteiger partial charge in [-0.2, -0.15) is 0 Å². The van der Waals surface area contributed by atoms with Gasteiger partial charge in [0.2, 0.25) is 0 Å². The van der Waals surface area contributed by atoms with Crippen molar-refractivity contribution in [2.75, 3.05) is 25.2 Å². The molecule has 9 nitrogen and oxygen atoms in total. The second-order valence-electron chi connectivity index (χ2n) is 10.6. The van der Waals surface area contributed by atoms with Crippen LogP contribution in [0.15, 0.2) is 28.2 Å². The number of carbonyl (C=O) groups is 3. The van der Waals surface area contributed by atoms with E-state index in [1.807, 2.05) is 27.7 Å². The van der Waals surface area contributed by atoms with Crippen molar-refractivity contribution in [3.63, 3.8) is 0 Å². The van der Waals surface area contributed by atoms with Crippen LogP contribution in [0.1, 0.15) is 65.9 Å². The van der Waals surface area contributed by atoms with Crippen LogP contribution in [0, 0.1) is 12.3 Å². The first-order valence-electron chi connectivity index (χ1n) is 13.1. The van der Waals surface area contributed by atoms with Crippen molar-refractivity contribution >= 4 is 67.9 Å². The molecule has 0 fully saturated rings. The number of esters is 1. The maximum absolute atomic E-state index is 12.2. The van der Waals surface area contributed by atoms with Crippen LogP contribution in [0.2, 0.25) is 0 Å². The Bertz CT molecular complexity index is 1120. The third kappa shape index (κ3) is 11.0. The molecule has 222 valence electrons. The molecule has 1 unspecified atom stereocenters. The van der Waals surface area contributed by atoms with E-state index in [2.05, 4.69) is 18.8 Å². The van der Waals surface area contributed by atoms with Gasteiger partial charge in [-0.15, -0.1) is 11.8 Å². The molecule has 0 spiro atoms. The number of methoxy groups -OCH3 is 1. The van der Waals surface area contributed by atoms with Crippen molar-refractivity contribution in [1.82, 2.24) is 0 Å². The van der Waals surface area contributed by atoms with Gasteiger partial charge in [-0.25, -0.2) is 9.59 Å². The third-order valence-electron chi connectivity index (χ3n) is 5.78. The van der Waals surface area contributed by atoms with Crippen LogP contribution in [0.4, 0.5) is 10.5 Å². The van der Waals surface area contributed by atoms with Gasteiger partial charge in [0.05, 0.1) is 30.5 Å². The summed E-state index contributed by atoms with van der Waals surface area (Å²) in [4.78, 5) is 44.5. The van der Waals surface area contributed by atoms with E-state index in [4.69, 9.17) is 19.2 Å². The number of aryl methyl sites for hydroxylation is 1. The molecule has 0 aliphatic carbocycles. The number of carboxylic acids is 1. The first-order valence-corrected chi connectivity index (χ1v) is 16.4. The molecular weight excluding hydrogens is 573 g/mol. The lowest BCUT2D eigenvalue weighted by Crippen LogP contribution is -2.33. The Balaban J connectivity index is 1.82. The lowest BCUT2D eigenvalue weighted by Gasteiger charge is -2.32. The number of benzene rings is 1. The van der Waals surface area contributed by atoms with E-state index >= 15 is 0 Å². The van der Waals surface area contributed by atoms with Crippen LogP contribution in [-0.4, -0.2) is 70.0 Å². The van der Waals surface area contributed by atoms with Gasteiger partial charge in [0, 0.05) is 16.3 Å². The normalized spacial score (nSPS) is 15.9. The number of rotatable bonds is 15. The lowest BCUT2D eigenvalue weighted by atomic mass is 9.84. The third-order valence-corrected chi connectivity index (χ3v) is 10.2. The van der Waals surface area contributed by atoms with Crippen molar-refractivity contribution < 1.29 is 33.7 Å². The van der Waals surface area contributed by atoms with E-state index in [0.29, 0.717) is 41.5 Å². The molecule has 0 amide bonds. The fourth-order valence-electron chi connectivity index (χ4n) is 4.11. The Kier molecular flexibility index (Phi) is 13.4. The van der Waals surface area contributed by atoms with E-state index in [-0.39, 0.29) is 17.3 Å². The molecule has 1 aliphatic rings. The van der Waals surface area contributed by atoms with Crippen molar-refractivity contribution in [2.45, 2.75) is 78.0 Å². The molecule has 1 heterocycles. The van der Waals surface area contributed by atoms with Gasteiger partial charge in [0.15, 0.2) is 6.04 Å². The van der Waals surface area contributed by atoms with Crippen LogP contribution >= 0.6 is 33.3 Å². The number of aliphatic imine (C=N–C) groups is 2. The van der Waals surface area contributed by atoms with Gasteiger partial charge >= 0.3 is 18.1 Å². The smallest absolute Gasteiger partial charge is 0.480 e. The van der Waals surface area contributed by atoms with Gasteiger partial charge in [-0.3, -0.25) is 14.8 Å². The highest BCUT2D eigenvalue weighted by molar-refractivity contribution is 8.77. The van der Waals surface area contributed by atoms with Crippen LogP contribution in [0.3, 0.4) is 0 Å². The fourth-order valence-corrected chi connectivity index (χ4v) is 7.95. The van der Waals surface area contributed by atoms with Gasteiger partial charge in [-0.05, 0) is 77.6 Å². The van der Waals surface area contributed by atoms with E-state index in [1.165, 1.54) is 18.9 Å². The molecule has 1 atom stereocenters. The van der Waals surface area contributed by atoms with Crippen LogP contribution in [0.25, 0.3) is 0 Å². The predicted octanol–water partition coefficient (Wildman–Crippen LogP) is 7.12. The number of thioether (sulfide) groups is 1. The number of hydrogen-bond donors (Lipinski definition) is 1. The van der Waals surface area contributed by atoms with Crippen LogP contribution in [-0.2, 0) is 19.1 Å². The quantitative estimate of drug-likeness (QED) is 0.0719. The lowest BCUT2D eigenvalue weighted by molar-refractivity contribution is -0.151. The number of carbonyl (C=O) groups excluding carboxylic acids is 2. The molecule has 12 heteroatoms. The minimum Gasteiger partial charge on any atom is -0.480 e. The fraction of sp³-hybridized carbons (Fsp3) is 0.607. The molecule has 1 aliphatic heterocycles. The molecule has 2 rings (SSSR count). The summed E-state index contributed by atoms with van der Waals surface area (Å²) in [7, 11) is 4.79. The second-order valence-corrected chi connectivity index (χ2v) is 14.8. The monoisotopic (exact) mass is 612 g/mol. The van der Waals surface area contributed by atoms with E-state index in [0.717, 1.165) is 23.4 Å². The van der Waals surface area contributed by atoms with Gasteiger partial charge in [-0.1, -0.05) is 34.9 Å². The highest BCUT2D eigenvalue weighted by Gasteiger charge is 2.36. The molecule has 0 aromatic heterocycles. The second kappa shape index (κ2) is 15.7. The summed E-state index contributed by atoms with van der Waals surface area (Å²) in [5.41, 5.74) is 1.72. The van der Waals surface area contributed by atoms with E-state index < -0.39 is 23.6 Å². The zero-order chi connectivity index (χ0) is 29.9. The predicted molar refractivity (Wildman–Crippen MR) is 166 cm³/mol. The Morgan fingerprint density at radius 1 is 1.23 bits per heavy atom. The summed E-state index contributed by atoms with van der Waals surface area (Å²) in [6, 6.07) is 4.40. The first kappa shape index (κ1) is 34.0. The molecule has 40 heavy (non-hydrogen) atoms. The summed E-state index contributed by atoms with van der Waals surface area (Å²) < 4.78 is 15.3. The van der Waals surface area contributed by atoms with Crippen LogP contribution < -0.4 is 4.74 Å². The van der Waals surface area contributed by atoms with Crippen molar-refractivity contribution in [3.8, 4) is 5.75 Å². The molecule has 1 aromatic carbocycles. The molecule has 1 aromatic rings. The minimum absolute atomic E-state index is 0.127. The van der Waals surface area contributed by atoms with Gasteiger partial charge in [0.1, 0.15) is 10.8 Å². The Labute approximate surface area is 249 Å². The van der Waals surface area contributed by atoms with E-state index in [1.54, 1.807) is 39.8 Å². The Hall–Kier alpha value is -2.18. The molecule has 0 bridgehead atoms. The molecule has 0 saturated carbocycles. The minimum atomic E-state index is -0.930. The Morgan fingerprint density at radius 2 is 1.95 bits per heavy atom. The van der Waals surface area contributed by atoms with E-state index in [9.17, 15) is 19.5 Å². The zero-order valence-electron chi connectivity index (χ0n) is 24.3. The standard InChI is InChI=1S/C28H40N2O7S3/c1-8-10-21(23-30-22(16-38-23)24(31)32)29-20-12-11-19(15-18(20)2)37-26(34)36-13-9-14-39-40-28(5,6)17-27(3,4)25(33)35-7/h11-12,15,22H,8-10,13-14,16-17H2,1-7H3,(H,31,32). The maximum Gasteiger partial charge on any atom is 0.513 e. The SMILES string of the molecule is CCCC(=Nc1ccc(OC(=O)OCCCSSC(C)(C)CC(C)(C)C(=O)OC)cc1C)C1=NC(C(=O)O)CS1. The summed E-state index contributed by atoms with van der Waals surface area (Å²) in [6.45, 7) is 12.1. The maximum atomic E-state index is 12.2. The van der Waals surface area contributed by atoms with Gasteiger partial charge in [0.25, 0.3) is 0 Å². The van der Waals surface area contributed by atoms with Crippen molar-refractivity contribution in [3.05, 3.63) is 23.8 Å². The number of nitrogens with zero attached hydrogens (tertiary/aromatic N) is 2. The molecule has 0 saturated heterocycles. The first-order chi connectivity index (χ1) is 18.8. The molecule has 1 N–H and O–H groups in total. The Morgan fingerprint density at radius 3 is 2.55 bits per heavy atom. The summed E-state index contributed by atoms with van der Waals surface area (Å²) in [5.74, 6) is 0.401.